The molecule has 0 bridgehead atoms. The molecule has 2 aliphatic heterocycles. The van der Waals surface area contributed by atoms with E-state index >= 15 is 0 Å². The molecule has 6 rings (SSSR count). The summed E-state index contributed by atoms with van der Waals surface area (Å²) in [6.07, 6.45) is 0. The van der Waals surface area contributed by atoms with Crippen molar-refractivity contribution in [3.05, 3.63) is 90.0 Å². The molecule has 0 fully saturated rings. The van der Waals surface area contributed by atoms with Gasteiger partial charge in [0.15, 0.2) is 0 Å². The van der Waals surface area contributed by atoms with E-state index in [9.17, 15) is 0 Å². The first-order chi connectivity index (χ1) is 16.6. The van der Waals surface area contributed by atoms with Crippen molar-refractivity contribution >= 4 is 17.4 Å². The number of hydrogen-bond donors (Lipinski definition) is 1. The predicted octanol–water partition coefficient (Wildman–Crippen LogP) is 7.10. The van der Waals surface area contributed by atoms with Crippen LogP contribution in [0.15, 0.2) is 83.9 Å². The van der Waals surface area contributed by atoms with Gasteiger partial charge in [-0.15, -0.1) is 11.8 Å². The van der Waals surface area contributed by atoms with Crippen LogP contribution < -0.4 is 10.1 Å². The van der Waals surface area contributed by atoms with E-state index in [1.165, 1.54) is 21.8 Å². The first kappa shape index (κ1) is 21.4. The summed E-state index contributed by atoms with van der Waals surface area (Å²) in [4.78, 5) is 0. The molecule has 0 saturated heterocycles. The highest BCUT2D eigenvalue weighted by atomic mass is 32.2. The van der Waals surface area contributed by atoms with Crippen LogP contribution in [0.2, 0.25) is 0 Å². The number of aromatic nitrogens is 2. The number of thioether (sulfide) groups is 1. The molecular weight excluding hydrogens is 438 g/mol. The van der Waals surface area contributed by atoms with Crippen LogP contribution in [0.3, 0.4) is 0 Å². The average molecular weight is 468 g/mol. The highest BCUT2D eigenvalue weighted by molar-refractivity contribution is 7.99. The van der Waals surface area contributed by atoms with E-state index in [1.54, 1.807) is 0 Å². The van der Waals surface area contributed by atoms with Crippen molar-refractivity contribution in [1.82, 2.24) is 9.78 Å². The number of para-hydroxylation sites is 1. The summed E-state index contributed by atoms with van der Waals surface area (Å²) < 4.78 is 7.98. The van der Waals surface area contributed by atoms with Crippen molar-refractivity contribution in [2.75, 3.05) is 17.7 Å². The summed E-state index contributed by atoms with van der Waals surface area (Å²) in [5.41, 5.74) is 7.16. The van der Waals surface area contributed by atoms with Gasteiger partial charge in [0.2, 0.25) is 0 Å². The lowest BCUT2D eigenvalue weighted by molar-refractivity contribution is 0.289. The molecule has 0 aliphatic carbocycles. The fourth-order valence-electron chi connectivity index (χ4n) is 5.46. The van der Waals surface area contributed by atoms with E-state index in [0.717, 1.165) is 28.4 Å². The summed E-state index contributed by atoms with van der Waals surface area (Å²) in [5.74, 6) is 2.40. The quantitative estimate of drug-likeness (QED) is 0.347. The first-order valence-corrected chi connectivity index (χ1v) is 13.0. The number of hydrogen-bond acceptors (Lipinski definition) is 4. The molecular formula is C29H29N3OS. The topological polar surface area (TPSA) is 39.1 Å². The molecule has 0 radical (unpaired) electrons. The van der Waals surface area contributed by atoms with Crippen molar-refractivity contribution in [2.24, 2.45) is 5.92 Å². The number of anilines is 1. The Morgan fingerprint density at radius 3 is 2.50 bits per heavy atom. The van der Waals surface area contributed by atoms with E-state index in [0.29, 0.717) is 12.5 Å². The fraction of sp³-hybridized carbons (Fsp3) is 0.276. The highest BCUT2D eigenvalue weighted by Crippen LogP contribution is 2.56. The third kappa shape index (κ3) is 3.33. The van der Waals surface area contributed by atoms with E-state index in [-0.39, 0.29) is 11.5 Å². The Morgan fingerprint density at radius 1 is 1.03 bits per heavy atom. The van der Waals surface area contributed by atoms with Crippen LogP contribution in [0.1, 0.15) is 37.9 Å². The second-order valence-corrected chi connectivity index (χ2v) is 10.6. The van der Waals surface area contributed by atoms with Gasteiger partial charge >= 0.3 is 0 Å². The molecule has 172 valence electrons. The molecule has 2 aliphatic rings. The fourth-order valence-corrected chi connectivity index (χ4v) is 7.05. The maximum absolute atomic E-state index is 5.84. The standard InChI is InChI=1S/C29H29N3OS/c1-4-33-21-15-16-24-22(17-21)29(2,3)23-18-34-28-25(27(23)30-24)26(19-11-7-5-8-12-19)31-32(28)20-13-9-6-10-14-20/h5-17,23,27,30H,4,18H2,1-3H3/t23-,27-/m1/s1. The van der Waals surface area contributed by atoms with Crippen molar-refractivity contribution in [3.63, 3.8) is 0 Å². The molecule has 0 unspecified atom stereocenters. The first-order valence-electron chi connectivity index (χ1n) is 12.0. The molecule has 34 heavy (non-hydrogen) atoms. The van der Waals surface area contributed by atoms with Crippen molar-refractivity contribution in [3.8, 4) is 22.7 Å². The van der Waals surface area contributed by atoms with Crippen LogP contribution in [0.5, 0.6) is 5.75 Å². The van der Waals surface area contributed by atoms with Gasteiger partial charge in [0.05, 0.1) is 24.0 Å². The smallest absolute Gasteiger partial charge is 0.119 e. The molecule has 0 saturated carbocycles. The van der Waals surface area contributed by atoms with Crippen molar-refractivity contribution in [2.45, 2.75) is 37.3 Å². The van der Waals surface area contributed by atoms with E-state index in [2.05, 4.69) is 103 Å². The van der Waals surface area contributed by atoms with Crippen LogP contribution in [0, 0.1) is 5.92 Å². The Hall–Kier alpha value is -3.18. The van der Waals surface area contributed by atoms with Crippen molar-refractivity contribution < 1.29 is 4.74 Å². The van der Waals surface area contributed by atoms with Gasteiger partial charge in [0, 0.05) is 28.5 Å². The van der Waals surface area contributed by atoms with Crippen LogP contribution in [0.4, 0.5) is 5.69 Å². The SMILES string of the molecule is CCOc1ccc2c(c1)C(C)(C)[C@@H]1CSc3c(c(-c4ccccc4)nn3-c3ccccc3)[C@@H]1N2. The van der Waals surface area contributed by atoms with E-state index in [1.807, 2.05) is 18.7 Å². The largest absolute Gasteiger partial charge is 0.494 e. The lowest BCUT2D eigenvalue weighted by Gasteiger charge is -2.48. The maximum Gasteiger partial charge on any atom is 0.119 e. The van der Waals surface area contributed by atoms with Crippen LogP contribution in [0.25, 0.3) is 16.9 Å². The normalized spacial score (nSPS) is 20.0. The number of benzene rings is 3. The summed E-state index contributed by atoms with van der Waals surface area (Å²) in [5, 5.41) is 10.4. The molecule has 0 spiro atoms. The van der Waals surface area contributed by atoms with Gasteiger partial charge in [-0.2, -0.15) is 5.10 Å². The number of nitrogens with zero attached hydrogens (tertiary/aromatic N) is 2. The molecule has 3 heterocycles. The summed E-state index contributed by atoms with van der Waals surface area (Å²) in [7, 11) is 0. The highest BCUT2D eigenvalue weighted by Gasteiger charge is 2.48. The Morgan fingerprint density at radius 2 is 1.76 bits per heavy atom. The van der Waals surface area contributed by atoms with Crippen molar-refractivity contribution in [1.29, 1.82) is 0 Å². The lowest BCUT2D eigenvalue weighted by atomic mass is 9.66. The molecule has 0 amide bonds. The predicted molar refractivity (Wildman–Crippen MR) is 140 cm³/mol. The third-order valence-corrected chi connectivity index (χ3v) is 8.47. The Kier molecular flexibility index (Phi) is 5.18. The van der Waals surface area contributed by atoms with Crippen LogP contribution >= 0.6 is 11.8 Å². The molecule has 2 atom stereocenters. The van der Waals surface area contributed by atoms with E-state index < -0.39 is 0 Å². The summed E-state index contributed by atoms with van der Waals surface area (Å²) >= 11 is 1.93. The Bertz CT molecular complexity index is 1330. The molecule has 4 nitrogen and oxygen atoms in total. The van der Waals surface area contributed by atoms with Gasteiger partial charge in [-0.25, -0.2) is 4.68 Å². The number of fused-ring (bicyclic) bond motifs is 4. The van der Waals surface area contributed by atoms with Gasteiger partial charge in [0.25, 0.3) is 0 Å². The zero-order valence-electron chi connectivity index (χ0n) is 19.8. The second-order valence-electron chi connectivity index (χ2n) is 9.58. The van der Waals surface area contributed by atoms with Crippen LogP contribution in [-0.2, 0) is 5.41 Å². The minimum Gasteiger partial charge on any atom is -0.494 e. The minimum absolute atomic E-state index is 0.00808. The van der Waals surface area contributed by atoms with Crippen LogP contribution in [-0.4, -0.2) is 22.1 Å². The van der Waals surface area contributed by atoms with E-state index in [4.69, 9.17) is 9.84 Å². The average Bonchev–Trinajstić information content (AvgIpc) is 3.26. The number of rotatable bonds is 4. The molecule has 1 N–H and O–H groups in total. The second kappa shape index (κ2) is 8.24. The maximum atomic E-state index is 5.84. The van der Waals surface area contributed by atoms with Gasteiger partial charge in [0.1, 0.15) is 10.8 Å². The zero-order valence-corrected chi connectivity index (χ0v) is 20.6. The Balaban J connectivity index is 1.54. The summed E-state index contributed by atoms with van der Waals surface area (Å²) in [6, 6.07) is 27.8. The van der Waals surface area contributed by atoms with Gasteiger partial charge < -0.3 is 10.1 Å². The third-order valence-electron chi connectivity index (χ3n) is 7.27. The zero-order chi connectivity index (χ0) is 23.3. The van der Waals surface area contributed by atoms with Gasteiger partial charge in [-0.1, -0.05) is 62.4 Å². The minimum atomic E-state index is -0.00808. The lowest BCUT2D eigenvalue weighted by Crippen LogP contribution is -2.44. The molecule has 4 aromatic rings. The molecule has 3 aromatic carbocycles. The monoisotopic (exact) mass is 467 g/mol. The molecule has 5 heteroatoms. The number of ether oxygens (including phenoxy) is 1. The van der Waals surface area contributed by atoms with Gasteiger partial charge in [-0.3, -0.25) is 0 Å². The van der Waals surface area contributed by atoms with Gasteiger partial charge in [-0.05, 0) is 48.2 Å². The Labute approximate surface area is 205 Å². The molecule has 1 aromatic heterocycles. The summed E-state index contributed by atoms with van der Waals surface area (Å²) in [6.45, 7) is 7.48. The number of nitrogens with one attached hydrogen (secondary N) is 1.